The molecule has 10 aromatic carbocycles. The number of anilines is 3. The van der Waals surface area contributed by atoms with Crippen LogP contribution < -0.4 is 21.3 Å². The molecule has 14 rings (SSSR count). The average molecular weight is 958 g/mol. The number of aromatic nitrogens is 2. The number of benzene rings is 10. The minimum atomic E-state index is -0.0761. The van der Waals surface area contributed by atoms with Crippen LogP contribution in [0, 0.1) is 0 Å². The molecule has 0 unspecified atom stereocenters. The Morgan fingerprint density at radius 1 is 0.338 bits per heavy atom. The largest absolute Gasteiger partial charge is 0.310 e. The molecule has 74 heavy (non-hydrogen) atoms. The highest BCUT2D eigenvalue weighted by Crippen LogP contribution is 2.49. The number of fused-ring (bicyclic) bond motifs is 17. The lowest BCUT2D eigenvalue weighted by atomic mass is 9.33. The molecule has 2 aromatic heterocycles. The summed E-state index contributed by atoms with van der Waals surface area (Å²) < 4.78 is 5.42. The van der Waals surface area contributed by atoms with E-state index in [2.05, 4.69) is 267 Å². The van der Waals surface area contributed by atoms with Crippen LogP contribution in [0.25, 0.3) is 87.3 Å². The van der Waals surface area contributed by atoms with Gasteiger partial charge in [-0.2, -0.15) is 0 Å². The van der Waals surface area contributed by atoms with Crippen LogP contribution in [0.15, 0.2) is 170 Å². The van der Waals surface area contributed by atoms with Crippen LogP contribution >= 0.6 is 0 Å². The molecule has 0 saturated carbocycles. The zero-order valence-electron chi connectivity index (χ0n) is 45.1. The Hall–Kier alpha value is -7.56. The Morgan fingerprint density at radius 2 is 0.797 bits per heavy atom. The van der Waals surface area contributed by atoms with E-state index in [9.17, 15) is 0 Å². The molecule has 0 atom stereocenters. The van der Waals surface area contributed by atoms with Gasteiger partial charge in [-0.1, -0.05) is 174 Å². The van der Waals surface area contributed by atoms with Crippen LogP contribution in [0.3, 0.4) is 0 Å². The third-order valence-corrected chi connectivity index (χ3v) is 17.0. The van der Waals surface area contributed by atoms with Gasteiger partial charge in [-0.15, -0.1) is 0 Å². The van der Waals surface area contributed by atoms with Crippen LogP contribution in [-0.2, 0) is 21.7 Å². The molecule has 0 bridgehead atoms. The zero-order chi connectivity index (χ0) is 51.1. The molecule has 0 fully saturated rings. The normalized spacial score (nSPS) is 13.6. The smallest absolute Gasteiger partial charge is 0.252 e. The van der Waals surface area contributed by atoms with E-state index >= 15 is 0 Å². The van der Waals surface area contributed by atoms with Gasteiger partial charge in [0.25, 0.3) is 6.71 Å². The molecule has 2 aliphatic rings. The van der Waals surface area contributed by atoms with E-state index in [1.807, 2.05) is 0 Å². The van der Waals surface area contributed by atoms with Crippen molar-refractivity contribution in [1.82, 2.24) is 9.13 Å². The first kappa shape index (κ1) is 45.1. The Morgan fingerprint density at radius 3 is 1.32 bits per heavy atom. The summed E-state index contributed by atoms with van der Waals surface area (Å²) in [5, 5.41) is 13.0. The van der Waals surface area contributed by atoms with Crippen molar-refractivity contribution in [3.8, 4) is 11.4 Å². The van der Waals surface area contributed by atoms with Gasteiger partial charge in [0.15, 0.2) is 0 Å². The summed E-state index contributed by atoms with van der Waals surface area (Å²) in [5.41, 5.74) is 20.7. The topological polar surface area (TPSA) is 13.1 Å². The first-order valence-corrected chi connectivity index (χ1v) is 26.9. The molecule has 0 spiro atoms. The summed E-state index contributed by atoms with van der Waals surface area (Å²) in [6, 6.07) is 65.8. The maximum absolute atomic E-state index is 2.73. The van der Waals surface area contributed by atoms with Crippen molar-refractivity contribution in [3.05, 3.63) is 192 Å². The van der Waals surface area contributed by atoms with Crippen molar-refractivity contribution >= 4 is 116 Å². The van der Waals surface area contributed by atoms with Gasteiger partial charge in [-0.05, 0) is 166 Å². The summed E-state index contributed by atoms with van der Waals surface area (Å²) in [5.74, 6) is 0. The molecule has 0 amide bonds. The molecule has 0 saturated heterocycles. The number of hydrogen-bond acceptors (Lipinski definition) is 1. The van der Waals surface area contributed by atoms with E-state index in [4.69, 9.17) is 0 Å². The third kappa shape index (κ3) is 6.33. The number of para-hydroxylation sites is 2. The van der Waals surface area contributed by atoms with Crippen LogP contribution in [0.4, 0.5) is 17.1 Å². The van der Waals surface area contributed by atoms with E-state index in [1.54, 1.807) is 0 Å². The second kappa shape index (κ2) is 15.0. The van der Waals surface area contributed by atoms with E-state index < -0.39 is 0 Å². The number of rotatable bonds is 3. The summed E-state index contributed by atoms with van der Waals surface area (Å²) in [6.07, 6.45) is 0. The van der Waals surface area contributed by atoms with Gasteiger partial charge in [0.05, 0.1) is 16.7 Å². The van der Waals surface area contributed by atoms with Crippen LogP contribution in [0.1, 0.15) is 105 Å². The van der Waals surface area contributed by atoms with Crippen molar-refractivity contribution in [2.24, 2.45) is 0 Å². The summed E-state index contributed by atoms with van der Waals surface area (Å²) in [4.78, 5) is 2.40. The number of hydrogen-bond donors (Lipinski definition) is 0. The standard InChI is InChI=1S/C70H64BN3/c1-67(2,3)41-27-31-59-52(33-41)55-35-43(69(7,8)9)37-57-64(55)73(59)61-40-54-49-30-29-47(72(45-21-15-13-16-22-45)46-23-17-14-18-24-46)39-51(49)48-25-19-20-26-50(48)62(54)66-63(61)71(57)58-38-44(70(10,11)12)36-56-53-34-42(68(4,5)6)28-32-60(53)74(66)65(56)58/h13-40H,1-12H3. The highest BCUT2D eigenvalue weighted by atomic mass is 15.1. The molecule has 12 aromatic rings. The van der Waals surface area contributed by atoms with E-state index in [0.717, 1.165) is 17.1 Å². The van der Waals surface area contributed by atoms with Crippen molar-refractivity contribution in [2.45, 2.75) is 105 Å². The lowest BCUT2D eigenvalue weighted by Crippen LogP contribution is -2.59. The number of nitrogens with zero attached hydrogens (tertiary/aromatic N) is 3. The predicted molar refractivity (Wildman–Crippen MR) is 322 cm³/mol. The SMILES string of the molecule is CC(C)(C)c1ccc2c(c1)c1cc(C(C)(C)C)cc3c1n2-c1cc2c4ccc(N(c5ccccc5)c5ccccc5)cc4c4ccccc4c2c2c1B3c1cc(C(C)(C)C)cc3c4cc(C(C)(C)C)ccc4n-2c13. The molecule has 4 heteroatoms. The van der Waals surface area contributed by atoms with Gasteiger partial charge >= 0.3 is 0 Å². The van der Waals surface area contributed by atoms with Gasteiger partial charge < -0.3 is 14.0 Å². The maximum Gasteiger partial charge on any atom is 0.252 e. The lowest BCUT2D eigenvalue weighted by Gasteiger charge is -2.36. The van der Waals surface area contributed by atoms with Crippen molar-refractivity contribution in [2.75, 3.05) is 4.90 Å². The van der Waals surface area contributed by atoms with Gasteiger partial charge in [0.2, 0.25) is 0 Å². The second-order valence-corrected chi connectivity index (χ2v) is 25.9. The molecule has 3 nitrogen and oxygen atoms in total. The average Bonchev–Trinajstić information content (AvgIpc) is 3.91. The Labute approximate surface area is 436 Å². The first-order chi connectivity index (χ1) is 35.3. The second-order valence-electron chi connectivity index (χ2n) is 25.9. The van der Waals surface area contributed by atoms with Crippen LogP contribution in [0.5, 0.6) is 0 Å². The van der Waals surface area contributed by atoms with Gasteiger partial charge in [-0.25, -0.2) is 0 Å². The molecule has 4 heterocycles. The quantitative estimate of drug-likeness (QED) is 0.127. The lowest BCUT2D eigenvalue weighted by molar-refractivity contribution is 0.590. The van der Waals surface area contributed by atoms with E-state index in [-0.39, 0.29) is 28.4 Å². The van der Waals surface area contributed by atoms with E-state index in [0.29, 0.717) is 0 Å². The molecule has 0 aliphatic carbocycles. The fourth-order valence-corrected chi connectivity index (χ4v) is 13.1. The van der Waals surface area contributed by atoms with Gasteiger partial charge in [0, 0.05) is 60.7 Å². The fourth-order valence-electron chi connectivity index (χ4n) is 13.1. The summed E-state index contributed by atoms with van der Waals surface area (Å²) in [6.45, 7) is 28.4. The molecule has 2 aliphatic heterocycles. The van der Waals surface area contributed by atoms with Crippen molar-refractivity contribution in [3.63, 3.8) is 0 Å². The Kier molecular flexibility index (Phi) is 9.16. The van der Waals surface area contributed by atoms with Crippen molar-refractivity contribution < 1.29 is 0 Å². The van der Waals surface area contributed by atoms with Crippen LogP contribution in [0.2, 0.25) is 0 Å². The zero-order valence-corrected chi connectivity index (χ0v) is 45.1. The minimum absolute atomic E-state index is 0.00807. The molecule has 0 N–H and O–H groups in total. The van der Waals surface area contributed by atoms with E-state index in [1.165, 1.54) is 126 Å². The van der Waals surface area contributed by atoms with Gasteiger partial charge in [-0.3, -0.25) is 0 Å². The summed E-state index contributed by atoms with van der Waals surface area (Å²) in [7, 11) is 0. The highest BCUT2D eigenvalue weighted by Gasteiger charge is 2.44. The summed E-state index contributed by atoms with van der Waals surface area (Å²) >= 11 is 0. The highest BCUT2D eigenvalue weighted by molar-refractivity contribution is 7.00. The Balaban J connectivity index is 1.22. The van der Waals surface area contributed by atoms with Crippen molar-refractivity contribution in [1.29, 1.82) is 0 Å². The molecule has 0 radical (unpaired) electrons. The van der Waals surface area contributed by atoms with Gasteiger partial charge in [0.1, 0.15) is 0 Å². The monoisotopic (exact) mass is 958 g/mol. The molecule has 362 valence electrons. The minimum Gasteiger partial charge on any atom is -0.310 e. The maximum atomic E-state index is 2.73. The molecular formula is C70H64BN3. The first-order valence-electron chi connectivity index (χ1n) is 26.9. The predicted octanol–water partition coefficient (Wildman–Crippen LogP) is 17.1. The van der Waals surface area contributed by atoms with Crippen LogP contribution in [-0.4, -0.2) is 15.8 Å². The Bertz CT molecular complexity index is 4350. The third-order valence-electron chi connectivity index (χ3n) is 17.0. The fraction of sp³-hybridized carbons (Fsp3) is 0.229. The molecular weight excluding hydrogens is 894 g/mol.